The Balaban J connectivity index is 2.28. The van der Waals surface area contributed by atoms with Crippen molar-refractivity contribution in [1.82, 2.24) is 9.97 Å². The lowest BCUT2D eigenvalue weighted by atomic mass is 10.2. The van der Waals surface area contributed by atoms with Gasteiger partial charge in [0.1, 0.15) is 0 Å². The fraction of sp³-hybridized carbons (Fsp3) is 0.154. The van der Waals surface area contributed by atoms with Gasteiger partial charge in [0.05, 0.1) is 5.02 Å². The average molecular weight is 279 g/mol. The highest BCUT2D eigenvalue weighted by Crippen LogP contribution is 2.28. The molecule has 1 aromatic carbocycles. The molecule has 92 valence electrons. The van der Waals surface area contributed by atoms with Gasteiger partial charge in [0.25, 0.3) is 0 Å². The van der Waals surface area contributed by atoms with Crippen molar-refractivity contribution < 1.29 is 4.79 Å². The Morgan fingerprint density at radius 2 is 1.83 bits per heavy atom. The van der Waals surface area contributed by atoms with Gasteiger partial charge < -0.3 is 0 Å². The summed E-state index contributed by atoms with van der Waals surface area (Å²) >= 11 is 7.40. The zero-order chi connectivity index (χ0) is 13.1. The van der Waals surface area contributed by atoms with E-state index < -0.39 is 0 Å². The number of carbonyl (C=O) groups excluding carboxylic acids is 1. The lowest BCUT2D eigenvalue weighted by Gasteiger charge is -2.04. The Labute approximate surface area is 115 Å². The number of aryl methyl sites for hydroxylation is 2. The summed E-state index contributed by atoms with van der Waals surface area (Å²) in [5.74, 6) is 0. The molecule has 0 saturated heterocycles. The Bertz CT molecular complexity index is 581. The third-order valence-corrected chi connectivity index (χ3v) is 3.45. The highest BCUT2D eigenvalue weighted by molar-refractivity contribution is 7.99. The maximum absolute atomic E-state index is 10.7. The summed E-state index contributed by atoms with van der Waals surface area (Å²) in [6.07, 6.45) is 0.740. The number of rotatable bonds is 3. The van der Waals surface area contributed by atoms with E-state index in [1.807, 2.05) is 26.0 Å². The summed E-state index contributed by atoms with van der Waals surface area (Å²) in [6, 6.07) is 7.20. The van der Waals surface area contributed by atoms with Gasteiger partial charge in [0.15, 0.2) is 11.4 Å². The molecule has 2 rings (SSSR count). The van der Waals surface area contributed by atoms with Gasteiger partial charge >= 0.3 is 0 Å². The van der Waals surface area contributed by atoms with Gasteiger partial charge in [0.2, 0.25) is 0 Å². The standard InChI is InChI=1S/C13H11ClN2OS/c1-8-5-9(2)16-13(15-8)18-11-4-3-10(7-17)12(14)6-11/h3-7H,1-2H3. The van der Waals surface area contributed by atoms with Crippen LogP contribution in [0.25, 0.3) is 0 Å². The number of benzene rings is 1. The quantitative estimate of drug-likeness (QED) is 0.634. The van der Waals surface area contributed by atoms with Crippen molar-refractivity contribution in [3.63, 3.8) is 0 Å². The Morgan fingerprint density at radius 1 is 1.17 bits per heavy atom. The molecule has 0 atom stereocenters. The van der Waals surface area contributed by atoms with Gasteiger partial charge in [-0.05, 0) is 49.9 Å². The predicted octanol–water partition coefficient (Wildman–Crippen LogP) is 3.71. The molecular formula is C13H11ClN2OS. The minimum Gasteiger partial charge on any atom is -0.298 e. The topological polar surface area (TPSA) is 42.9 Å². The van der Waals surface area contributed by atoms with E-state index in [0.29, 0.717) is 15.7 Å². The van der Waals surface area contributed by atoms with Gasteiger partial charge in [-0.3, -0.25) is 4.79 Å². The van der Waals surface area contributed by atoms with Gasteiger partial charge in [-0.2, -0.15) is 0 Å². The number of aromatic nitrogens is 2. The van der Waals surface area contributed by atoms with Crippen LogP contribution in [0.15, 0.2) is 34.3 Å². The molecule has 5 heteroatoms. The molecule has 0 saturated carbocycles. The third kappa shape index (κ3) is 3.09. The van der Waals surface area contributed by atoms with E-state index in [4.69, 9.17) is 11.6 Å². The first-order valence-electron chi connectivity index (χ1n) is 5.33. The Morgan fingerprint density at radius 3 is 2.39 bits per heavy atom. The molecule has 1 heterocycles. The molecule has 0 spiro atoms. The monoisotopic (exact) mass is 278 g/mol. The van der Waals surface area contributed by atoms with Crippen LogP contribution in [0.5, 0.6) is 0 Å². The van der Waals surface area contributed by atoms with E-state index >= 15 is 0 Å². The summed E-state index contributed by atoms with van der Waals surface area (Å²) < 4.78 is 0. The van der Waals surface area contributed by atoms with E-state index in [9.17, 15) is 4.79 Å². The predicted molar refractivity (Wildman–Crippen MR) is 72.5 cm³/mol. The first-order chi connectivity index (χ1) is 8.58. The fourth-order valence-corrected chi connectivity index (χ4v) is 2.70. The highest BCUT2D eigenvalue weighted by atomic mass is 35.5. The summed E-state index contributed by atoms with van der Waals surface area (Å²) in [6.45, 7) is 3.86. The van der Waals surface area contributed by atoms with Crippen molar-refractivity contribution in [3.8, 4) is 0 Å². The van der Waals surface area contributed by atoms with Crippen molar-refractivity contribution in [1.29, 1.82) is 0 Å². The smallest absolute Gasteiger partial charge is 0.192 e. The molecule has 0 unspecified atom stereocenters. The largest absolute Gasteiger partial charge is 0.298 e. The number of halogens is 1. The number of carbonyl (C=O) groups is 1. The zero-order valence-electron chi connectivity index (χ0n) is 9.98. The third-order valence-electron chi connectivity index (χ3n) is 2.27. The van der Waals surface area contributed by atoms with Crippen LogP contribution in [-0.2, 0) is 0 Å². The molecule has 0 aliphatic carbocycles. The van der Waals surface area contributed by atoms with Gasteiger partial charge in [0, 0.05) is 21.8 Å². The van der Waals surface area contributed by atoms with Crippen LogP contribution >= 0.6 is 23.4 Å². The minimum absolute atomic E-state index is 0.444. The van der Waals surface area contributed by atoms with E-state index in [2.05, 4.69) is 9.97 Å². The summed E-state index contributed by atoms with van der Waals surface area (Å²) in [4.78, 5) is 20.3. The molecule has 0 radical (unpaired) electrons. The second-order valence-electron chi connectivity index (χ2n) is 3.84. The molecule has 0 bridgehead atoms. The number of hydrogen-bond donors (Lipinski definition) is 0. The van der Waals surface area contributed by atoms with Crippen molar-refractivity contribution in [2.24, 2.45) is 0 Å². The molecule has 0 amide bonds. The first kappa shape index (κ1) is 13.1. The molecular weight excluding hydrogens is 268 g/mol. The van der Waals surface area contributed by atoms with Crippen molar-refractivity contribution >= 4 is 29.6 Å². The van der Waals surface area contributed by atoms with Crippen molar-refractivity contribution in [2.75, 3.05) is 0 Å². The zero-order valence-corrected chi connectivity index (χ0v) is 11.5. The van der Waals surface area contributed by atoms with Crippen LogP contribution in [0.1, 0.15) is 21.7 Å². The summed E-state index contributed by atoms with van der Waals surface area (Å²) in [5, 5.41) is 1.13. The van der Waals surface area contributed by atoms with E-state index in [-0.39, 0.29) is 0 Å². The van der Waals surface area contributed by atoms with E-state index in [0.717, 1.165) is 22.6 Å². The van der Waals surface area contributed by atoms with Gasteiger partial charge in [-0.25, -0.2) is 9.97 Å². The second kappa shape index (κ2) is 5.50. The average Bonchev–Trinajstić information content (AvgIpc) is 2.27. The van der Waals surface area contributed by atoms with Crippen LogP contribution in [-0.4, -0.2) is 16.3 Å². The maximum atomic E-state index is 10.7. The lowest BCUT2D eigenvalue weighted by molar-refractivity contribution is 0.112. The van der Waals surface area contributed by atoms with Crippen molar-refractivity contribution in [2.45, 2.75) is 23.9 Å². The number of hydrogen-bond acceptors (Lipinski definition) is 4. The molecule has 0 aliphatic heterocycles. The summed E-state index contributed by atoms with van der Waals surface area (Å²) in [7, 11) is 0. The molecule has 18 heavy (non-hydrogen) atoms. The van der Waals surface area contributed by atoms with E-state index in [1.165, 1.54) is 11.8 Å². The Kier molecular flexibility index (Phi) is 3.99. The van der Waals surface area contributed by atoms with Crippen molar-refractivity contribution in [3.05, 3.63) is 46.2 Å². The van der Waals surface area contributed by atoms with Crippen LogP contribution < -0.4 is 0 Å². The molecule has 1 aromatic heterocycles. The molecule has 0 aliphatic rings. The normalized spacial score (nSPS) is 10.4. The van der Waals surface area contributed by atoms with Crippen LogP contribution in [0.3, 0.4) is 0 Å². The fourth-order valence-electron chi connectivity index (χ4n) is 1.51. The maximum Gasteiger partial charge on any atom is 0.192 e. The van der Waals surface area contributed by atoms with Crippen LogP contribution in [0.4, 0.5) is 0 Å². The Hall–Kier alpha value is -1.39. The SMILES string of the molecule is Cc1cc(C)nc(Sc2ccc(C=O)c(Cl)c2)n1. The first-order valence-corrected chi connectivity index (χ1v) is 6.53. The molecule has 3 nitrogen and oxygen atoms in total. The lowest BCUT2D eigenvalue weighted by Crippen LogP contribution is -1.92. The molecule has 2 aromatic rings. The highest BCUT2D eigenvalue weighted by Gasteiger charge is 2.05. The van der Waals surface area contributed by atoms with Gasteiger partial charge in [-0.15, -0.1) is 0 Å². The second-order valence-corrected chi connectivity index (χ2v) is 5.28. The summed E-state index contributed by atoms with van der Waals surface area (Å²) in [5.41, 5.74) is 2.35. The van der Waals surface area contributed by atoms with Gasteiger partial charge in [-0.1, -0.05) is 11.6 Å². The van der Waals surface area contributed by atoms with Crippen LogP contribution in [0.2, 0.25) is 5.02 Å². The number of aldehydes is 1. The van der Waals surface area contributed by atoms with Crippen LogP contribution in [0, 0.1) is 13.8 Å². The van der Waals surface area contributed by atoms with E-state index in [1.54, 1.807) is 12.1 Å². The minimum atomic E-state index is 0.444. The molecule has 0 fully saturated rings. The number of nitrogens with zero attached hydrogens (tertiary/aromatic N) is 2. The molecule has 0 N–H and O–H groups in total.